The summed E-state index contributed by atoms with van der Waals surface area (Å²) < 4.78 is 13.3. The van der Waals surface area contributed by atoms with E-state index < -0.39 is 5.82 Å². The van der Waals surface area contributed by atoms with E-state index in [4.69, 9.17) is 5.73 Å². The molecule has 1 amide bonds. The molecule has 0 fully saturated rings. The number of benzene rings is 1. The Balaban J connectivity index is 2.80. The standard InChI is InChI=1S/C12H17FN2O/c1-7(2)8(3)12(16)15-11-6-9(14)4-5-10(11)13/h4-8H,14H2,1-3H3,(H,15,16). The van der Waals surface area contributed by atoms with Crippen molar-refractivity contribution in [3.05, 3.63) is 24.0 Å². The Morgan fingerprint density at radius 3 is 2.56 bits per heavy atom. The van der Waals surface area contributed by atoms with Crippen LogP contribution in [-0.4, -0.2) is 5.91 Å². The molecule has 0 radical (unpaired) electrons. The number of hydrogen-bond acceptors (Lipinski definition) is 2. The highest BCUT2D eigenvalue weighted by atomic mass is 19.1. The van der Waals surface area contributed by atoms with E-state index in [9.17, 15) is 9.18 Å². The highest BCUT2D eigenvalue weighted by molar-refractivity contribution is 5.93. The van der Waals surface area contributed by atoms with E-state index in [0.717, 1.165) is 0 Å². The molecule has 1 aromatic carbocycles. The molecule has 1 rings (SSSR count). The van der Waals surface area contributed by atoms with E-state index in [1.807, 2.05) is 20.8 Å². The molecule has 1 atom stereocenters. The van der Waals surface area contributed by atoms with E-state index in [1.54, 1.807) is 0 Å². The zero-order chi connectivity index (χ0) is 12.3. The van der Waals surface area contributed by atoms with E-state index in [2.05, 4.69) is 5.32 Å². The molecule has 3 nitrogen and oxygen atoms in total. The van der Waals surface area contributed by atoms with Gasteiger partial charge in [-0.2, -0.15) is 0 Å². The van der Waals surface area contributed by atoms with Crippen molar-refractivity contribution in [3.63, 3.8) is 0 Å². The van der Waals surface area contributed by atoms with Gasteiger partial charge in [0.15, 0.2) is 0 Å². The van der Waals surface area contributed by atoms with Crippen molar-refractivity contribution in [1.82, 2.24) is 0 Å². The highest BCUT2D eigenvalue weighted by Crippen LogP contribution is 2.19. The Morgan fingerprint density at radius 2 is 2.00 bits per heavy atom. The minimum absolute atomic E-state index is 0.137. The number of hydrogen-bond donors (Lipinski definition) is 2. The van der Waals surface area contributed by atoms with Gasteiger partial charge >= 0.3 is 0 Å². The largest absolute Gasteiger partial charge is 0.399 e. The second-order valence-electron chi connectivity index (χ2n) is 4.26. The Hall–Kier alpha value is -1.58. The van der Waals surface area contributed by atoms with Crippen molar-refractivity contribution in [2.75, 3.05) is 11.1 Å². The number of carbonyl (C=O) groups excluding carboxylic acids is 1. The number of nitrogen functional groups attached to an aromatic ring is 1. The van der Waals surface area contributed by atoms with Crippen molar-refractivity contribution in [2.24, 2.45) is 11.8 Å². The van der Waals surface area contributed by atoms with Gasteiger partial charge in [0, 0.05) is 11.6 Å². The van der Waals surface area contributed by atoms with Gasteiger partial charge in [0.05, 0.1) is 5.69 Å². The minimum atomic E-state index is -0.474. The summed E-state index contributed by atoms with van der Waals surface area (Å²) in [6.45, 7) is 5.70. The predicted octanol–water partition coefficient (Wildman–Crippen LogP) is 2.64. The van der Waals surface area contributed by atoms with Gasteiger partial charge in [-0.15, -0.1) is 0 Å². The zero-order valence-corrected chi connectivity index (χ0v) is 9.75. The van der Waals surface area contributed by atoms with Crippen LogP contribution < -0.4 is 11.1 Å². The second-order valence-corrected chi connectivity index (χ2v) is 4.26. The number of rotatable bonds is 3. The van der Waals surface area contributed by atoms with E-state index in [-0.39, 0.29) is 23.4 Å². The molecule has 1 aromatic rings. The number of carbonyl (C=O) groups is 1. The van der Waals surface area contributed by atoms with E-state index in [1.165, 1.54) is 18.2 Å². The lowest BCUT2D eigenvalue weighted by molar-refractivity contribution is -0.120. The number of anilines is 2. The molecule has 0 saturated heterocycles. The average molecular weight is 224 g/mol. The van der Waals surface area contributed by atoms with Crippen LogP contribution in [0, 0.1) is 17.7 Å². The van der Waals surface area contributed by atoms with Crippen molar-refractivity contribution in [3.8, 4) is 0 Å². The molecule has 0 aliphatic heterocycles. The number of nitrogens with two attached hydrogens (primary N) is 1. The van der Waals surface area contributed by atoms with E-state index >= 15 is 0 Å². The maximum atomic E-state index is 13.3. The molecular weight excluding hydrogens is 207 g/mol. The van der Waals surface area contributed by atoms with Crippen LogP contribution in [0.25, 0.3) is 0 Å². The van der Waals surface area contributed by atoms with Crippen molar-refractivity contribution >= 4 is 17.3 Å². The van der Waals surface area contributed by atoms with Gasteiger partial charge in [-0.05, 0) is 24.1 Å². The van der Waals surface area contributed by atoms with Crippen molar-refractivity contribution < 1.29 is 9.18 Å². The van der Waals surface area contributed by atoms with Gasteiger partial charge in [0.25, 0.3) is 0 Å². The first kappa shape index (κ1) is 12.5. The lowest BCUT2D eigenvalue weighted by atomic mass is 9.97. The third-order valence-electron chi connectivity index (χ3n) is 2.66. The van der Waals surface area contributed by atoms with Gasteiger partial charge in [0.1, 0.15) is 5.82 Å². The Morgan fingerprint density at radius 1 is 1.38 bits per heavy atom. The summed E-state index contributed by atoms with van der Waals surface area (Å²) in [5.41, 5.74) is 6.08. The van der Waals surface area contributed by atoms with Crippen LogP contribution in [-0.2, 0) is 4.79 Å². The summed E-state index contributed by atoms with van der Waals surface area (Å²) in [5, 5.41) is 2.54. The fraction of sp³-hybridized carbons (Fsp3) is 0.417. The maximum Gasteiger partial charge on any atom is 0.227 e. The smallest absolute Gasteiger partial charge is 0.227 e. The van der Waals surface area contributed by atoms with Crippen LogP contribution in [0.2, 0.25) is 0 Å². The molecule has 1 unspecified atom stereocenters. The third kappa shape index (κ3) is 2.95. The quantitative estimate of drug-likeness (QED) is 0.775. The minimum Gasteiger partial charge on any atom is -0.399 e. The first-order chi connectivity index (χ1) is 7.41. The van der Waals surface area contributed by atoms with Crippen molar-refractivity contribution in [1.29, 1.82) is 0 Å². The second kappa shape index (κ2) is 4.96. The Kier molecular flexibility index (Phi) is 3.88. The summed E-state index contributed by atoms with van der Waals surface area (Å²) in [7, 11) is 0. The third-order valence-corrected chi connectivity index (χ3v) is 2.66. The monoisotopic (exact) mass is 224 g/mol. The van der Waals surface area contributed by atoms with Crippen molar-refractivity contribution in [2.45, 2.75) is 20.8 Å². The van der Waals surface area contributed by atoms with Crippen LogP contribution in [0.1, 0.15) is 20.8 Å². The molecule has 4 heteroatoms. The van der Waals surface area contributed by atoms with Crippen LogP contribution in [0.3, 0.4) is 0 Å². The fourth-order valence-corrected chi connectivity index (χ4v) is 1.19. The molecule has 0 saturated carbocycles. The lowest BCUT2D eigenvalue weighted by Crippen LogP contribution is -2.24. The first-order valence-corrected chi connectivity index (χ1v) is 5.27. The predicted molar refractivity (Wildman–Crippen MR) is 63.4 cm³/mol. The van der Waals surface area contributed by atoms with Gasteiger partial charge in [-0.3, -0.25) is 4.79 Å². The van der Waals surface area contributed by atoms with Gasteiger partial charge in [-0.25, -0.2) is 4.39 Å². The zero-order valence-electron chi connectivity index (χ0n) is 9.75. The van der Waals surface area contributed by atoms with Gasteiger partial charge in [0.2, 0.25) is 5.91 Å². The summed E-state index contributed by atoms with van der Waals surface area (Å²) in [5.74, 6) is -0.622. The summed E-state index contributed by atoms with van der Waals surface area (Å²) >= 11 is 0. The summed E-state index contributed by atoms with van der Waals surface area (Å²) in [4.78, 5) is 11.7. The van der Waals surface area contributed by atoms with Gasteiger partial charge < -0.3 is 11.1 Å². The normalized spacial score (nSPS) is 12.6. The Bertz CT molecular complexity index is 391. The SMILES string of the molecule is CC(C)C(C)C(=O)Nc1cc(N)ccc1F. The molecule has 88 valence electrons. The molecular formula is C12H17FN2O. The van der Waals surface area contributed by atoms with E-state index in [0.29, 0.717) is 5.69 Å². The summed E-state index contributed by atoms with van der Waals surface area (Å²) in [6.07, 6.45) is 0. The first-order valence-electron chi connectivity index (χ1n) is 5.27. The Labute approximate surface area is 94.8 Å². The van der Waals surface area contributed by atoms with Crippen LogP contribution in [0.15, 0.2) is 18.2 Å². The lowest BCUT2D eigenvalue weighted by Gasteiger charge is -2.15. The average Bonchev–Trinajstić information content (AvgIpc) is 2.22. The molecule has 0 heterocycles. The molecule has 0 aromatic heterocycles. The molecule has 0 bridgehead atoms. The van der Waals surface area contributed by atoms with Crippen LogP contribution in [0.5, 0.6) is 0 Å². The number of nitrogens with one attached hydrogen (secondary N) is 1. The molecule has 3 N–H and O–H groups in total. The number of halogens is 1. The molecule has 0 aliphatic carbocycles. The topological polar surface area (TPSA) is 55.1 Å². The maximum absolute atomic E-state index is 13.3. The van der Waals surface area contributed by atoms with Crippen LogP contribution in [0.4, 0.5) is 15.8 Å². The molecule has 16 heavy (non-hydrogen) atoms. The summed E-state index contributed by atoms with van der Waals surface area (Å²) in [6, 6.07) is 4.11. The highest BCUT2D eigenvalue weighted by Gasteiger charge is 2.17. The number of amides is 1. The van der Waals surface area contributed by atoms with Crippen LogP contribution >= 0.6 is 0 Å². The van der Waals surface area contributed by atoms with Gasteiger partial charge in [-0.1, -0.05) is 20.8 Å². The molecule has 0 aliphatic rings. The molecule has 0 spiro atoms. The fourth-order valence-electron chi connectivity index (χ4n) is 1.19.